The molecule has 65 heavy (non-hydrogen) atoms. The Bertz CT molecular complexity index is 2450. The van der Waals surface area contributed by atoms with Gasteiger partial charge in [-0.15, -0.1) is 11.8 Å². The summed E-state index contributed by atoms with van der Waals surface area (Å²) in [5.41, 5.74) is 4.26. The van der Waals surface area contributed by atoms with Gasteiger partial charge in [0, 0.05) is 39.5 Å². The number of halogens is 3. The van der Waals surface area contributed by atoms with Crippen LogP contribution in [0.5, 0.6) is 23.0 Å². The van der Waals surface area contributed by atoms with Crippen LogP contribution in [0.15, 0.2) is 158 Å². The highest BCUT2D eigenvalue weighted by molar-refractivity contribution is 8.00. The number of para-hydroxylation sites is 2. The fourth-order valence-corrected chi connectivity index (χ4v) is 11.3. The lowest BCUT2D eigenvalue weighted by molar-refractivity contribution is -0.151. The van der Waals surface area contributed by atoms with Crippen LogP contribution in [0.1, 0.15) is 63.3 Å². The molecular weight excluding hydrogens is 878 g/mol. The van der Waals surface area contributed by atoms with E-state index < -0.39 is 46.9 Å². The molecule has 0 saturated carbocycles. The fourth-order valence-electron chi connectivity index (χ4n) is 8.12. The highest BCUT2D eigenvalue weighted by atomic mass is 32.2. The molecule has 0 aromatic heterocycles. The summed E-state index contributed by atoms with van der Waals surface area (Å²) in [5.74, 6) is 0.439. The van der Waals surface area contributed by atoms with Crippen LogP contribution >= 0.6 is 11.8 Å². The van der Waals surface area contributed by atoms with Crippen LogP contribution in [0.3, 0.4) is 0 Å². The summed E-state index contributed by atoms with van der Waals surface area (Å²) >= 11 is 0.873. The summed E-state index contributed by atoms with van der Waals surface area (Å²) in [7, 11) is -1.11. The van der Waals surface area contributed by atoms with Crippen LogP contribution in [-0.4, -0.2) is 70.5 Å². The normalized spacial score (nSPS) is 15.6. The molecule has 0 bridgehead atoms. The summed E-state index contributed by atoms with van der Waals surface area (Å²) in [5, 5.41) is 17.5. The first kappa shape index (κ1) is 46.7. The van der Waals surface area contributed by atoms with Crippen LogP contribution in [-0.2, 0) is 25.1 Å². The molecule has 3 unspecified atom stereocenters. The monoisotopic (exact) mass is 924 g/mol. The molecule has 0 aliphatic carbocycles. The van der Waals surface area contributed by atoms with E-state index in [9.17, 15) is 27.0 Å². The summed E-state index contributed by atoms with van der Waals surface area (Å²) in [6.45, 7) is -0.132. The average Bonchev–Trinajstić information content (AvgIpc) is 3.94. The molecule has 6 aromatic carbocycles. The number of aliphatic carboxylic acids is 2. The zero-order chi connectivity index (χ0) is 45.8. The van der Waals surface area contributed by atoms with Gasteiger partial charge in [0.05, 0.1) is 18.5 Å². The predicted molar refractivity (Wildman–Crippen MR) is 245 cm³/mol. The van der Waals surface area contributed by atoms with E-state index in [-0.39, 0.29) is 34.0 Å². The van der Waals surface area contributed by atoms with E-state index in [2.05, 4.69) is 0 Å². The Balaban J connectivity index is 0.000000195. The highest BCUT2D eigenvalue weighted by Gasteiger charge is 2.57. The molecule has 6 aromatic rings. The standard InChI is InChI=1S/C26H23F3O4S.C25H24O5S/c27-26(28,29)25(19-8-3-1-4-9-19,20-10-5-2-6-11-20)34-15-14-18-16-33-24-21(18)12-7-13-22(24)32-17-23(30)31;26-23(27)17-29-22-13-7-12-21-20(16-30-24(21)22)14-15-31(28)25(18-8-3-1-4-9-18)19-10-5-2-6-11-19/h1-13,18H,14-17H2,(H,30,31);1-13,20,25H,14-17H2,(H,26,27). The third-order valence-corrected chi connectivity index (χ3v) is 14.4. The van der Waals surface area contributed by atoms with E-state index in [4.69, 9.17) is 29.2 Å². The molecule has 0 spiro atoms. The molecule has 3 atom stereocenters. The molecule has 0 fully saturated rings. The summed E-state index contributed by atoms with van der Waals surface area (Å²) < 4.78 is 77.8. The third-order valence-electron chi connectivity index (χ3n) is 11.1. The van der Waals surface area contributed by atoms with Crippen LogP contribution in [0, 0.1) is 0 Å². The fraction of sp³-hybridized carbons (Fsp3) is 0.255. The minimum absolute atomic E-state index is 0.0968. The summed E-state index contributed by atoms with van der Waals surface area (Å²) in [6.07, 6.45) is -3.36. The number of alkyl halides is 3. The smallest absolute Gasteiger partial charge is 0.411 e. The first-order valence-electron chi connectivity index (χ1n) is 21.0. The lowest BCUT2D eigenvalue weighted by Gasteiger charge is -2.36. The van der Waals surface area contributed by atoms with Crippen molar-refractivity contribution in [1.82, 2.24) is 0 Å². The summed E-state index contributed by atoms with van der Waals surface area (Å²) in [4.78, 5) is 21.6. The predicted octanol–water partition coefficient (Wildman–Crippen LogP) is 10.8. The van der Waals surface area contributed by atoms with Gasteiger partial charge in [0.15, 0.2) is 41.0 Å². The average molecular weight is 925 g/mol. The largest absolute Gasteiger partial charge is 0.489 e. The number of hydrogen-bond donors (Lipinski definition) is 2. The Kier molecular flexibility index (Phi) is 15.5. The number of ether oxygens (including phenoxy) is 4. The lowest BCUT2D eigenvalue weighted by atomic mass is 9.89. The SMILES string of the molecule is O=C(O)COc1cccc2c1OCC2CCS(=O)C(c1ccccc1)c1ccccc1.O=C(O)COc1cccc2c1OCC2CCSC(c1ccccc1)(c1ccccc1)C(F)(F)F. The second kappa shape index (κ2) is 21.6. The number of thioether (sulfide) groups is 1. The molecule has 338 valence electrons. The zero-order valence-electron chi connectivity index (χ0n) is 35.1. The van der Waals surface area contributed by atoms with Crippen molar-refractivity contribution in [2.45, 2.75) is 40.9 Å². The van der Waals surface area contributed by atoms with Crippen LogP contribution in [0.4, 0.5) is 13.2 Å². The molecule has 2 heterocycles. The van der Waals surface area contributed by atoms with Crippen molar-refractivity contribution >= 4 is 34.5 Å². The number of rotatable bonds is 18. The number of hydrogen-bond acceptors (Lipinski definition) is 8. The van der Waals surface area contributed by atoms with Gasteiger partial charge in [-0.3, -0.25) is 4.21 Å². The minimum Gasteiger partial charge on any atom is -0.489 e. The molecule has 8 rings (SSSR count). The maximum absolute atomic E-state index is 14.8. The maximum atomic E-state index is 14.8. The molecule has 2 aliphatic rings. The van der Waals surface area contributed by atoms with E-state index >= 15 is 0 Å². The third kappa shape index (κ3) is 11.2. The van der Waals surface area contributed by atoms with E-state index in [1.54, 1.807) is 54.6 Å². The van der Waals surface area contributed by atoms with Gasteiger partial charge in [0.2, 0.25) is 0 Å². The van der Waals surface area contributed by atoms with Gasteiger partial charge in [-0.1, -0.05) is 146 Å². The van der Waals surface area contributed by atoms with Gasteiger partial charge in [0.1, 0.15) is 0 Å². The first-order valence-corrected chi connectivity index (χ1v) is 23.3. The molecule has 9 nitrogen and oxygen atoms in total. The number of fused-ring (bicyclic) bond motifs is 2. The number of carboxylic acid groups (broad SMARTS) is 2. The number of carbonyl (C=O) groups is 2. The Morgan fingerprint density at radius 3 is 1.45 bits per heavy atom. The Morgan fingerprint density at radius 2 is 1.03 bits per heavy atom. The highest BCUT2D eigenvalue weighted by Crippen LogP contribution is 2.55. The van der Waals surface area contributed by atoms with Crippen molar-refractivity contribution in [2.75, 3.05) is 37.9 Å². The zero-order valence-corrected chi connectivity index (χ0v) is 36.7. The van der Waals surface area contributed by atoms with E-state index in [1.807, 2.05) is 78.9 Å². The molecule has 0 radical (unpaired) electrons. The Labute approximate surface area is 382 Å². The number of carboxylic acids is 2. The van der Waals surface area contributed by atoms with E-state index in [0.29, 0.717) is 54.8 Å². The number of benzene rings is 6. The van der Waals surface area contributed by atoms with Crippen molar-refractivity contribution < 1.29 is 56.1 Å². The topological polar surface area (TPSA) is 129 Å². The van der Waals surface area contributed by atoms with Crippen molar-refractivity contribution in [2.24, 2.45) is 0 Å². The Hall–Kier alpha value is -6.25. The second-order valence-corrected chi connectivity index (χ2v) is 18.3. The van der Waals surface area contributed by atoms with Gasteiger partial charge in [-0.05, 0) is 53.0 Å². The van der Waals surface area contributed by atoms with Gasteiger partial charge in [-0.25, -0.2) is 9.59 Å². The van der Waals surface area contributed by atoms with Gasteiger partial charge >= 0.3 is 18.1 Å². The molecular formula is C51H47F3O9S2. The van der Waals surface area contributed by atoms with Crippen molar-refractivity contribution in [3.63, 3.8) is 0 Å². The minimum atomic E-state index is -4.53. The molecule has 2 N–H and O–H groups in total. The maximum Gasteiger partial charge on any atom is 0.411 e. The van der Waals surface area contributed by atoms with Gasteiger partial charge < -0.3 is 29.2 Å². The molecule has 0 saturated heterocycles. The Morgan fingerprint density at radius 1 is 0.615 bits per heavy atom. The molecule has 14 heteroatoms. The summed E-state index contributed by atoms with van der Waals surface area (Å²) in [6, 6.07) is 46.6. The quantitative estimate of drug-likeness (QED) is 0.0860. The second-order valence-electron chi connectivity index (χ2n) is 15.4. The van der Waals surface area contributed by atoms with Gasteiger partial charge in [0.25, 0.3) is 0 Å². The van der Waals surface area contributed by atoms with E-state index in [1.165, 1.54) is 24.3 Å². The first-order chi connectivity index (χ1) is 31.5. The van der Waals surface area contributed by atoms with Crippen molar-refractivity contribution in [3.05, 3.63) is 191 Å². The van der Waals surface area contributed by atoms with Crippen molar-refractivity contribution in [1.29, 1.82) is 0 Å². The van der Waals surface area contributed by atoms with Gasteiger partial charge in [-0.2, -0.15) is 13.2 Å². The van der Waals surface area contributed by atoms with Crippen LogP contribution in [0.2, 0.25) is 0 Å². The van der Waals surface area contributed by atoms with Crippen LogP contribution < -0.4 is 18.9 Å². The van der Waals surface area contributed by atoms with Crippen LogP contribution in [0.25, 0.3) is 0 Å². The van der Waals surface area contributed by atoms with E-state index in [0.717, 1.165) is 34.0 Å². The molecule has 2 aliphatic heterocycles. The van der Waals surface area contributed by atoms with Crippen molar-refractivity contribution in [3.8, 4) is 23.0 Å². The lowest BCUT2D eigenvalue weighted by Crippen LogP contribution is -2.41. The molecule has 0 amide bonds.